The highest BCUT2D eigenvalue weighted by Crippen LogP contribution is 2.47. The van der Waals surface area contributed by atoms with Crippen LogP contribution in [-0.2, 0) is 11.2 Å². The van der Waals surface area contributed by atoms with Crippen LogP contribution in [0.4, 0.5) is 0 Å². The van der Waals surface area contributed by atoms with Crippen LogP contribution in [0, 0.1) is 12.8 Å². The summed E-state index contributed by atoms with van der Waals surface area (Å²) in [6.07, 6.45) is 4.20. The largest absolute Gasteiger partial charge is 0.466 e. The molecule has 1 amide bonds. The minimum atomic E-state index is -0.0468. The lowest BCUT2D eigenvalue weighted by molar-refractivity contribution is -0.132. The van der Waals surface area contributed by atoms with Crippen molar-refractivity contribution >= 4 is 5.91 Å². The Morgan fingerprint density at radius 2 is 2.25 bits per heavy atom. The fraction of sp³-hybridized carbons (Fsp3) is 0.611. The van der Waals surface area contributed by atoms with E-state index in [1.807, 2.05) is 11.0 Å². The monoisotopic (exact) mass is 329 g/mol. The summed E-state index contributed by atoms with van der Waals surface area (Å²) < 4.78 is 11.0. The maximum Gasteiger partial charge on any atom is 0.223 e. The van der Waals surface area contributed by atoms with E-state index in [1.54, 1.807) is 6.92 Å². The molecule has 1 saturated carbocycles. The number of carbonyl (C=O) groups excluding carboxylic acids is 1. The summed E-state index contributed by atoms with van der Waals surface area (Å²) >= 11 is 0. The molecule has 128 valence electrons. The van der Waals surface area contributed by atoms with Gasteiger partial charge in [-0.1, -0.05) is 12.1 Å². The van der Waals surface area contributed by atoms with Crippen molar-refractivity contribution in [3.8, 4) is 0 Å². The van der Waals surface area contributed by atoms with Gasteiger partial charge >= 0.3 is 0 Å². The van der Waals surface area contributed by atoms with Gasteiger partial charge < -0.3 is 13.8 Å². The van der Waals surface area contributed by atoms with Gasteiger partial charge in [-0.05, 0) is 37.3 Å². The van der Waals surface area contributed by atoms with Crippen LogP contribution in [-0.4, -0.2) is 27.5 Å². The lowest BCUT2D eigenvalue weighted by Gasteiger charge is -2.22. The molecular weight excluding hydrogens is 306 g/mol. The molecular formula is C18H23N3O3. The average Bonchev–Trinajstić information content (AvgIpc) is 3.03. The normalized spacial score (nSPS) is 26.1. The van der Waals surface area contributed by atoms with Gasteiger partial charge in [0.2, 0.25) is 11.8 Å². The molecule has 0 N–H and O–H groups in total. The van der Waals surface area contributed by atoms with E-state index in [1.165, 1.54) is 6.42 Å². The van der Waals surface area contributed by atoms with Crippen molar-refractivity contribution in [3.05, 3.63) is 35.4 Å². The molecule has 1 aliphatic heterocycles. The van der Waals surface area contributed by atoms with Crippen molar-refractivity contribution in [2.75, 3.05) is 6.54 Å². The Bertz CT molecular complexity index is 735. The first kappa shape index (κ1) is 15.4. The fourth-order valence-corrected chi connectivity index (χ4v) is 3.60. The summed E-state index contributed by atoms with van der Waals surface area (Å²) in [5.41, 5.74) is 0. The van der Waals surface area contributed by atoms with Gasteiger partial charge in [-0.3, -0.25) is 4.79 Å². The predicted octanol–water partition coefficient (Wildman–Crippen LogP) is 3.39. The van der Waals surface area contributed by atoms with Crippen molar-refractivity contribution in [1.29, 1.82) is 0 Å². The van der Waals surface area contributed by atoms with Gasteiger partial charge in [-0.2, -0.15) is 4.98 Å². The summed E-state index contributed by atoms with van der Waals surface area (Å²) in [5, 5.41) is 3.99. The second-order valence-corrected chi connectivity index (χ2v) is 7.04. The van der Waals surface area contributed by atoms with Gasteiger partial charge in [-0.15, -0.1) is 0 Å². The van der Waals surface area contributed by atoms with Crippen LogP contribution in [0.3, 0.4) is 0 Å². The van der Waals surface area contributed by atoms with Crippen LogP contribution >= 0.6 is 0 Å². The van der Waals surface area contributed by atoms with Crippen LogP contribution in [0.5, 0.6) is 0 Å². The Hall–Kier alpha value is -2.11. The van der Waals surface area contributed by atoms with Gasteiger partial charge in [0.25, 0.3) is 0 Å². The van der Waals surface area contributed by atoms with Gasteiger partial charge in [0, 0.05) is 32.2 Å². The van der Waals surface area contributed by atoms with E-state index in [2.05, 4.69) is 23.1 Å². The number of aryl methyl sites for hydroxylation is 2. The molecule has 0 unspecified atom stereocenters. The van der Waals surface area contributed by atoms with Crippen molar-refractivity contribution in [2.24, 2.45) is 5.92 Å². The molecule has 24 heavy (non-hydrogen) atoms. The summed E-state index contributed by atoms with van der Waals surface area (Å²) in [4.78, 5) is 18.8. The molecule has 2 aromatic heterocycles. The number of furan rings is 1. The molecule has 3 atom stereocenters. The van der Waals surface area contributed by atoms with E-state index in [4.69, 9.17) is 8.94 Å². The molecule has 0 aromatic carbocycles. The second kappa shape index (κ2) is 6.07. The zero-order chi connectivity index (χ0) is 16.7. The molecule has 2 aromatic rings. The van der Waals surface area contributed by atoms with E-state index in [0.717, 1.165) is 36.8 Å². The molecule has 0 bridgehead atoms. The first-order chi connectivity index (χ1) is 11.6. The van der Waals surface area contributed by atoms with Crippen LogP contribution < -0.4 is 0 Å². The van der Waals surface area contributed by atoms with E-state index in [9.17, 15) is 4.79 Å². The molecule has 3 heterocycles. The van der Waals surface area contributed by atoms with E-state index >= 15 is 0 Å². The molecule has 0 spiro atoms. The summed E-state index contributed by atoms with van der Waals surface area (Å²) in [6, 6.07) is 4.03. The number of carbonyl (C=O) groups is 1. The van der Waals surface area contributed by atoms with Gasteiger partial charge in [0.05, 0.1) is 6.04 Å². The molecule has 1 aliphatic carbocycles. The Balaban J connectivity index is 1.36. The molecule has 4 rings (SSSR count). The molecule has 1 saturated heterocycles. The number of aromatic nitrogens is 2. The van der Waals surface area contributed by atoms with Crippen molar-refractivity contribution in [1.82, 2.24) is 15.0 Å². The topological polar surface area (TPSA) is 72.4 Å². The van der Waals surface area contributed by atoms with Crippen molar-refractivity contribution in [3.63, 3.8) is 0 Å². The standard InChI is InChI=1S/C18H23N3O3/c1-11-10-14(11)16-7-5-13(23-16)6-8-17(22)21-9-3-4-15(21)18-19-12(2)24-20-18/h5,7,11,14-15H,3-4,6,8-10H2,1-2H3/t11-,14-,15+/m1/s1. The average molecular weight is 329 g/mol. The van der Waals surface area contributed by atoms with E-state index in [-0.39, 0.29) is 11.9 Å². The zero-order valence-electron chi connectivity index (χ0n) is 14.2. The Morgan fingerprint density at radius 1 is 1.42 bits per heavy atom. The molecule has 6 nitrogen and oxygen atoms in total. The molecule has 6 heteroatoms. The summed E-state index contributed by atoms with van der Waals surface area (Å²) in [6.45, 7) is 4.77. The van der Waals surface area contributed by atoms with Crippen LogP contribution in [0.1, 0.15) is 67.8 Å². The lowest BCUT2D eigenvalue weighted by Crippen LogP contribution is -2.31. The SMILES string of the molecule is Cc1nc([C@@H]2CCCN2C(=O)CCc2ccc([C@@H]3C[C@H]3C)o2)no1. The second-order valence-electron chi connectivity index (χ2n) is 7.04. The first-order valence-electron chi connectivity index (χ1n) is 8.80. The number of amides is 1. The summed E-state index contributed by atoms with van der Waals surface area (Å²) in [5.74, 6) is 4.60. The third-order valence-corrected chi connectivity index (χ3v) is 5.16. The number of hydrogen-bond donors (Lipinski definition) is 0. The highest BCUT2D eigenvalue weighted by Gasteiger charge is 2.37. The van der Waals surface area contributed by atoms with Crippen LogP contribution in [0.15, 0.2) is 21.1 Å². The zero-order valence-corrected chi connectivity index (χ0v) is 14.2. The molecule has 2 aliphatic rings. The molecule has 0 radical (unpaired) electrons. The van der Waals surface area contributed by atoms with Crippen LogP contribution in [0.25, 0.3) is 0 Å². The van der Waals surface area contributed by atoms with Crippen LogP contribution in [0.2, 0.25) is 0 Å². The van der Waals surface area contributed by atoms with Gasteiger partial charge in [0.1, 0.15) is 11.5 Å². The Labute approximate surface area is 141 Å². The molecule has 2 fully saturated rings. The highest BCUT2D eigenvalue weighted by molar-refractivity contribution is 5.77. The number of nitrogens with zero attached hydrogens (tertiary/aromatic N) is 3. The first-order valence-corrected chi connectivity index (χ1v) is 8.80. The smallest absolute Gasteiger partial charge is 0.223 e. The fourth-order valence-electron chi connectivity index (χ4n) is 3.60. The Morgan fingerprint density at radius 3 is 2.96 bits per heavy atom. The number of hydrogen-bond acceptors (Lipinski definition) is 5. The quantitative estimate of drug-likeness (QED) is 0.840. The van der Waals surface area contributed by atoms with E-state index in [0.29, 0.717) is 30.5 Å². The maximum absolute atomic E-state index is 12.6. The Kier molecular flexibility index (Phi) is 3.90. The van der Waals surface area contributed by atoms with Crippen molar-refractivity contribution in [2.45, 2.75) is 57.9 Å². The lowest BCUT2D eigenvalue weighted by atomic mass is 10.2. The van der Waals surface area contributed by atoms with Crippen molar-refractivity contribution < 1.29 is 13.7 Å². The highest BCUT2D eigenvalue weighted by atomic mass is 16.5. The summed E-state index contributed by atoms with van der Waals surface area (Å²) in [7, 11) is 0. The third kappa shape index (κ3) is 2.97. The number of likely N-dealkylation sites (tertiary alicyclic amines) is 1. The minimum Gasteiger partial charge on any atom is -0.466 e. The number of rotatable bonds is 5. The minimum absolute atomic E-state index is 0.0468. The third-order valence-electron chi connectivity index (χ3n) is 5.16. The van der Waals surface area contributed by atoms with E-state index < -0.39 is 0 Å². The predicted molar refractivity (Wildman–Crippen MR) is 86.3 cm³/mol. The van der Waals surface area contributed by atoms with Gasteiger partial charge in [0.15, 0.2) is 5.82 Å². The maximum atomic E-state index is 12.6. The van der Waals surface area contributed by atoms with Gasteiger partial charge in [-0.25, -0.2) is 0 Å².